The van der Waals surface area contributed by atoms with E-state index in [4.69, 9.17) is 0 Å². The van der Waals surface area contributed by atoms with Gasteiger partial charge in [-0.3, -0.25) is 9.78 Å². The van der Waals surface area contributed by atoms with Crippen LogP contribution < -0.4 is 10.6 Å². The van der Waals surface area contributed by atoms with E-state index in [9.17, 15) is 14.7 Å². The molecule has 0 radical (unpaired) electrons. The number of aryl methyl sites for hydroxylation is 1. The molecule has 3 aromatic heterocycles. The Kier molecular flexibility index (Phi) is 8.41. The summed E-state index contributed by atoms with van der Waals surface area (Å²) in [6, 6.07) is 6.61. The number of piperazine rings is 1. The Morgan fingerprint density at radius 3 is 2.10 bits per heavy atom. The van der Waals surface area contributed by atoms with Crippen LogP contribution in [0.1, 0.15) is 31.0 Å². The molecule has 0 unspecified atom stereocenters. The number of hydrogen-bond donors (Lipinski definition) is 1. The fraction of sp³-hybridized carbons (Fsp3) is 0.276. The highest BCUT2D eigenvalue weighted by atomic mass is 19.1. The van der Waals surface area contributed by atoms with Crippen LogP contribution in [0.2, 0.25) is 0 Å². The zero-order valence-electron chi connectivity index (χ0n) is 29.5. The first-order chi connectivity index (χ1) is 22.1. The number of carbonyl (C=O) groups excluding carboxylic acids is 1. The van der Waals surface area contributed by atoms with Crippen LogP contribution in [0.15, 0.2) is 54.0 Å². The SMILES string of the molecule is BC1(B)N(C(=O)C=C)C(B)(B)C(B)(B)N(c2nc(=O)n(-c3c(C)ccnc3C(C)C)c3nc(-c4c(O)cccc4F)c(F)cc23)C1(B)B. The molecule has 0 atom stereocenters. The van der Waals surface area contributed by atoms with Gasteiger partial charge in [-0.05, 0) is 70.1 Å². The molecule has 238 valence electrons. The van der Waals surface area contributed by atoms with Crippen molar-refractivity contribution in [3.05, 3.63) is 82.6 Å². The quantitative estimate of drug-likeness (QED) is 0.174. The van der Waals surface area contributed by atoms with Crippen LogP contribution in [-0.4, -0.2) is 120 Å². The van der Waals surface area contributed by atoms with Crippen LogP contribution >= 0.6 is 0 Å². The normalized spacial score (nSPS) is 17.8. The number of nitrogens with zero attached hydrogens (tertiary/aromatic N) is 6. The lowest BCUT2D eigenvalue weighted by Gasteiger charge is -2.74. The minimum absolute atomic E-state index is 0.00821. The van der Waals surface area contributed by atoms with Gasteiger partial charge < -0.3 is 14.9 Å². The van der Waals surface area contributed by atoms with E-state index in [1.54, 1.807) is 17.2 Å². The first-order valence-electron chi connectivity index (χ1n) is 16.0. The third-order valence-corrected chi connectivity index (χ3v) is 10.8. The molecule has 4 heterocycles. The van der Waals surface area contributed by atoms with Gasteiger partial charge in [-0.25, -0.2) is 23.1 Å². The monoisotopic (exact) mass is 642 g/mol. The predicted molar refractivity (Wildman–Crippen MR) is 208 cm³/mol. The number of aromatic hydroxyl groups is 1. The van der Waals surface area contributed by atoms with Crippen LogP contribution in [0, 0.1) is 18.6 Å². The molecule has 0 aliphatic carbocycles. The summed E-state index contributed by atoms with van der Waals surface area (Å²) in [6.45, 7) is 9.46. The standard InChI is InChI=1S/C29H36B8F2N6O3/c1-5-18(47)44-26(30,31)28(34,35)45(29(36,37)27(44,32)33)24-14-11-16(39)21(19-15(38)7-6-8-17(19)46)41-23(14)43(25(48)42-24)22-13(4)9-10-40-20(22)12(2)3/h5-12,46H,1,30-37H2,2-4H3. The van der Waals surface area contributed by atoms with Crippen LogP contribution in [0.4, 0.5) is 14.6 Å². The maximum atomic E-state index is 16.4. The van der Waals surface area contributed by atoms with Gasteiger partial charge in [0.2, 0.25) is 5.91 Å². The molecule has 0 bridgehead atoms. The molecule has 19 heteroatoms. The summed E-state index contributed by atoms with van der Waals surface area (Å²) in [5.41, 5.74) is 0.141. The molecule has 5 rings (SSSR count). The number of phenols is 1. The summed E-state index contributed by atoms with van der Waals surface area (Å²) in [4.78, 5) is 45.7. The van der Waals surface area contributed by atoms with Gasteiger partial charge in [0.1, 0.15) is 85.8 Å². The van der Waals surface area contributed by atoms with E-state index in [-0.39, 0.29) is 28.7 Å². The van der Waals surface area contributed by atoms with Gasteiger partial charge in [0, 0.05) is 6.20 Å². The molecular formula is C29H36B8F2N6O3. The second-order valence-corrected chi connectivity index (χ2v) is 14.8. The van der Waals surface area contributed by atoms with Crippen molar-refractivity contribution in [3.8, 4) is 22.7 Å². The number of rotatable bonds is 5. The number of amides is 1. The Hall–Kier alpha value is -4.15. The van der Waals surface area contributed by atoms with Gasteiger partial charge in [0.05, 0.1) is 22.3 Å². The zero-order valence-corrected chi connectivity index (χ0v) is 29.5. The number of hydrogen-bond acceptors (Lipinski definition) is 7. The summed E-state index contributed by atoms with van der Waals surface area (Å²) in [5, 5.41) is 7.24. The Morgan fingerprint density at radius 2 is 1.56 bits per heavy atom. The minimum atomic E-state index is -0.921. The van der Waals surface area contributed by atoms with Gasteiger partial charge in [-0.15, -0.1) is 0 Å². The smallest absolute Gasteiger partial charge is 0.355 e. The average Bonchev–Trinajstić information content (AvgIpc) is 2.97. The molecule has 1 aliphatic heterocycles. The maximum absolute atomic E-state index is 16.4. The number of carbonyl (C=O) groups is 1. The maximum Gasteiger partial charge on any atom is 0.355 e. The molecule has 1 aliphatic rings. The van der Waals surface area contributed by atoms with E-state index in [0.717, 1.165) is 6.07 Å². The molecule has 1 amide bonds. The molecule has 1 N–H and O–H groups in total. The molecule has 0 saturated carbocycles. The number of fused-ring (bicyclic) bond motifs is 1. The van der Waals surface area contributed by atoms with Crippen LogP contribution in [0.5, 0.6) is 5.75 Å². The largest absolute Gasteiger partial charge is 0.507 e. The highest BCUT2D eigenvalue weighted by Crippen LogP contribution is 2.46. The molecule has 9 nitrogen and oxygen atoms in total. The zero-order chi connectivity index (χ0) is 35.9. The van der Waals surface area contributed by atoms with E-state index < -0.39 is 55.7 Å². The van der Waals surface area contributed by atoms with Crippen molar-refractivity contribution in [2.45, 2.75) is 48.0 Å². The van der Waals surface area contributed by atoms with Gasteiger partial charge in [-0.1, -0.05) is 26.5 Å². The molecule has 0 spiro atoms. The van der Waals surface area contributed by atoms with Gasteiger partial charge in [0.15, 0.2) is 11.5 Å². The van der Waals surface area contributed by atoms with Crippen molar-refractivity contribution in [2.75, 3.05) is 4.90 Å². The van der Waals surface area contributed by atoms with Crippen molar-refractivity contribution >= 4 is 85.5 Å². The number of halogens is 2. The minimum Gasteiger partial charge on any atom is -0.507 e. The predicted octanol–water partition coefficient (Wildman–Crippen LogP) is -4.23. The average molecular weight is 641 g/mol. The van der Waals surface area contributed by atoms with Gasteiger partial charge >= 0.3 is 5.69 Å². The molecule has 1 saturated heterocycles. The number of phenolic OH excluding ortho intramolecular Hbond substituents is 1. The van der Waals surface area contributed by atoms with E-state index in [2.05, 4.69) is 21.5 Å². The molecule has 1 fully saturated rings. The first-order valence-corrected chi connectivity index (χ1v) is 16.0. The summed E-state index contributed by atoms with van der Waals surface area (Å²) >= 11 is 0. The van der Waals surface area contributed by atoms with Gasteiger partial charge in [-0.2, -0.15) is 4.98 Å². The lowest BCUT2D eigenvalue weighted by molar-refractivity contribution is -0.131. The second-order valence-electron chi connectivity index (χ2n) is 14.8. The Morgan fingerprint density at radius 1 is 0.958 bits per heavy atom. The first kappa shape index (κ1) is 35.2. The van der Waals surface area contributed by atoms with Crippen molar-refractivity contribution in [1.82, 2.24) is 24.4 Å². The Bertz CT molecular complexity index is 2030. The number of pyridine rings is 2. The molecule has 48 heavy (non-hydrogen) atoms. The number of anilines is 1. The summed E-state index contributed by atoms with van der Waals surface area (Å²) in [6.07, 6.45) is 2.94. The topological polar surface area (TPSA) is 104 Å². The Balaban J connectivity index is 1.99. The lowest BCUT2D eigenvalue weighted by Crippen LogP contribution is -2.93. The molecular weight excluding hydrogens is 605 g/mol. The van der Waals surface area contributed by atoms with Crippen LogP contribution in [-0.2, 0) is 4.79 Å². The highest BCUT2D eigenvalue weighted by Gasteiger charge is 2.63. The van der Waals surface area contributed by atoms with Crippen molar-refractivity contribution in [2.24, 2.45) is 0 Å². The van der Waals surface area contributed by atoms with Gasteiger partial charge in [0.25, 0.3) is 0 Å². The Labute approximate surface area is 286 Å². The number of aromatic nitrogens is 4. The summed E-state index contributed by atoms with van der Waals surface area (Å²) in [7, 11) is 15.5. The van der Waals surface area contributed by atoms with Crippen LogP contribution in [0.3, 0.4) is 0 Å². The fourth-order valence-electron chi connectivity index (χ4n) is 7.35. The van der Waals surface area contributed by atoms with Crippen molar-refractivity contribution in [3.63, 3.8) is 0 Å². The highest BCUT2D eigenvalue weighted by molar-refractivity contribution is 6.63. The number of benzene rings is 1. The second kappa shape index (κ2) is 11.5. The summed E-state index contributed by atoms with van der Waals surface area (Å²) in [5.74, 6) is -2.52. The third kappa shape index (κ3) is 4.86. The van der Waals surface area contributed by atoms with E-state index in [0.29, 0.717) is 16.9 Å². The van der Waals surface area contributed by atoms with Crippen molar-refractivity contribution in [1.29, 1.82) is 0 Å². The molecule has 4 aromatic rings. The molecule has 1 aromatic carbocycles. The fourth-order valence-corrected chi connectivity index (χ4v) is 7.35. The van der Waals surface area contributed by atoms with E-state index >= 15 is 8.78 Å². The third-order valence-electron chi connectivity index (χ3n) is 10.8. The van der Waals surface area contributed by atoms with Crippen molar-refractivity contribution < 1.29 is 18.7 Å². The van der Waals surface area contributed by atoms with E-state index in [1.165, 1.54) is 28.8 Å². The lowest BCUT2D eigenvalue weighted by atomic mass is 9.26. The summed E-state index contributed by atoms with van der Waals surface area (Å²) < 4.78 is 32.9. The van der Waals surface area contributed by atoms with E-state index in [1.807, 2.05) is 88.4 Å². The van der Waals surface area contributed by atoms with Crippen LogP contribution in [0.25, 0.3) is 28.0 Å².